The Labute approximate surface area is 86.3 Å². The van der Waals surface area contributed by atoms with Crippen molar-refractivity contribution in [2.45, 2.75) is 45.4 Å². The third-order valence-corrected chi connectivity index (χ3v) is 5.26. The van der Waals surface area contributed by atoms with Gasteiger partial charge in [0.1, 0.15) is 6.29 Å². The Morgan fingerprint density at radius 3 is 1.86 bits per heavy atom. The van der Waals surface area contributed by atoms with E-state index in [-0.39, 0.29) is 0 Å². The minimum atomic E-state index is 0.316. The zero-order chi connectivity index (χ0) is 9.76. The van der Waals surface area contributed by atoms with Gasteiger partial charge in [-0.2, -0.15) is 0 Å². The molecule has 0 N–H and O–H groups in total. The Balaban J connectivity index is 1.90. The van der Waals surface area contributed by atoms with Crippen molar-refractivity contribution in [3.05, 3.63) is 0 Å². The van der Waals surface area contributed by atoms with Crippen LogP contribution in [0.1, 0.15) is 45.4 Å². The Hall–Kier alpha value is -0.330. The first kappa shape index (κ1) is 8.94. The Morgan fingerprint density at radius 2 is 1.50 bits per heavy atom. The number of carbonyl (C=O) groups is 1. The first-order chi connectivity index (χ1) is 6.72. The van der Waals surface area contributed by atoms with Crippen LogP contribution >= 0.6 is 0 Å². The van der Waals surface area contributed by atoms with Gasteiger partial charge in [0.05, 0.1) is 0 Å². The van der Waals surface area contributed by atoms with Gasteiger partial charge in [-0.05, 0) is 61.7 Å². The van der Waals surface area contributed by atoms with Gasteiger partial charge in [-0.3, -0.25) is 0 Å². The lowest BCUT2D eigenvalue weighted by molar-refractivity contribution is -0.125. The summed E-state index contributed by atoms with van der Waals surface area (Å²) in [5, 5.41) is 0. The zero-order valence-electron chi connectivity index (χ0n) is 9.04. The molecule has 0 aliphatic heterocycles. The summed E-state index contributed by atoms with van der Waals surface area (Å²) >= 11 is 0. The van der Waals surface area contributed by atoms with E-state index < -0.39 is 0 Å². The second-order valence-corrected chi connectivity index (χ2v) is 6.20. The van der Waals surface area contributed by atoms with Crippen LogP contribution in [0.3, 0.4) is 0 Å². The van der Waals surface area contributed by atoms with Gasteiger partial charge in [0.25, 0.3) is 0 Å². The number of carbonyl (C=O) groups excluding carboxylic acids is 1. The van der Waals surface area contributed by atoms with Crippen molar-refractivity contribution in [2.75, 3.05) is 0 Å². The van der Waals surface area contributed by atoms with Crippen molar-refractivity contribution < 1.29 is 4.79 Å². The molecule has 4 bridgehead atoms. The molecule has 0 radical (unpaired) electrons. The Kier molecular flexibility index (Phi) is 1.81. The molecule has 0 unspecified atom stereocenters. The molecule has 4 fully saturated rings. The summed E-state index contributed by atoms with van der Waals surface area (Å²) in [5.41, 5.74) is 0.441. The maximum atomic E-state index is 11.0. The van der Waals surface area contributed by atoms with Crippen molar-refractivity contribution in [1.82, 2.24) is 0 Å². The zero-order valence-corrected chi connectivity index (χ0v) is 9.04. The smallest absolute Gasteiger partial charge is 0.123 e. The van der Waals surface area contributed by atoms with Crippen LogP contribution < -0.4 is 0 Å². The van der Waals surface area contributed by atoms with E-state index in [0.717, 1.165) is 17.8 Å². The molecule has 4 rings (SSSR count). The summed E-state index contributed by atoms with van der Waals surface area (Å²) < 4.78 is 0. The van der Waals surface area contributed by atoms with E-state index in [0.29, 0.717) is 11.3 Å². The van der Waals surface area contributed by atoms with Crippen molar-refractivity contribution >= 4 is 6.29 Å². The first-order valence-electron chi connectivity index (χ1n) is 6.17. The van der Waals surface area contributed by atoms with Gasteiger partial charge >= 0.3 is 0 Å². The van der Waals surface area contributed by atoms with Crippen LogP contribution in [0.5, 0.6) is 0 Å². The maximum Gasteiger partial charge on any atom is 0.123 e. The van der Waals surface area contributed by atoms with Gasteiger partial charge in [-0.25, -0.2) is 0 Å². The molecule has 0 amide bonds. The lowest BCUT2D eigenvalue weighted by atomic mass is 9.47. The van der Waals surface area contributed by atoms with Crippen LogP contribution in [0, 0.1) is 29.1 Å². The highest BCUT2D eigenvalue weighted by Gasteiger charge is 2.52. The summed E-state index contributed by atoms with van der Waals surface area (Å²) in [5.74, 6) is 3.24. The summed E-state index contributed by atoms with van der Waals surface area (Å²) in [6.07, 6.45) is 9.73. The van der Waals surface area contributed by atoms with Crippen molar-refractivity contribution in [3.8, 4) is 0 Å². The monoisotopic (exact) mass is 192 g/mol. The van der Waals surface area contributed by atoms with E-state index in [1.165, 1.54) is 44.8 Å². The van der Waals surface area contributed by atoms with Gasteiger partial charge < -0.3 is 4.79 Å². The summed E-state index contributed by atoms with van der Waals surface area (Å²) in [6, 6.07) is 0. The summed E-state index contributed by atoms with van der Waals surface area (Å²) in [4.78, 5) is 11.0. The third kappa shape index (κ3) is 1.11. The molecule has 0 aromatic rings. The molecule has 0 aromatic heterocycles. The second-order valence-electron chi connectivity index (χ2n) is 6.20. The molecule has 1 nitrogen and oxygen atoms in total. The molecule has 0 saturated heterocycles. The summed E-state index contributed by atoms with van der Waals surface area (Å²) in [6.45, 7) is 2.15. The molecule has 1 heteroatoms. The van der Waals surface area contributed by atoms with E-state index >= 15 is 0 Å². The average Bonchev–Trinajstić information content (AvgIpc) is 2.14. The normalized spacial score (nSPS) is 51.9. The van der Waals surface area contributed by atoms with Crippen molar-refractivity contribution in [3.63, 3.8) is 0 Å². The predicted octanol–water partition coefficient (Wildman–Crippen LogP) is 3.04. The fourth-order valence-electron chi connectivity index (χ4n) is 4.88. The molecular weight excluding hydrogens is 172 g/mol. The fraction of sp³-hybridized carbons (Fsp3) is 0.923. The Bertz CT molecular complexity index is 221. The lowest BCUT2D eigenvalue weighted by Crippen LogP contribution is -2.49. The highest BCUT2D eigenvalue weighted by atomic mass is 16.1. The minimum absolute atomic E-state index is 0.316. The molecule has 1 atom stereocenters. The standard InChI is InChI=1S/C13H20O/c1-9(8-14)13-5-10-2-11(6-13)4-12(3-10)7-13/h8-12H,2-7H2,1H3/t9-,10?,11?,12?,13?/m1/s1. The number of hydrogen-bond acceptors (Lipinski definition) is 1. The van der Waals surface area contributed by atoms with Crippen LogP contribution in [-0.2, 0) is 4.79 Å². The highest BCUT2D eigenvalue weighted by molar-refractivity contribution is 5.54. The topological polar surface area (TPSA) is 17.1 Å². The van der Waals surface area contributed by atoms with E-state index in [9.17, 15) is 4.79 Å². The fourth-order valence-corrected chi connectivity index (χ4v) is 4.88. The molecule has 14 heavy (non-hydrogen) atoms. The minimum Gasteiger partial charge on any atom is -0.303 e. The highest BCUT2D eigenvalue weighted by Crippen LogP contribution is 2.62. The first-order valence-corrected chi connectivity index (χ1v) is 6.17. The van der Waals surface area contributed by atoms with E-state index in [1.807, 2.05) is 0 Å². The quantitative estimate of drug-likeness (QED) is 0.615. The number of rotatable bonds is 2. The van der Waals surface area contributed by atoms with Crippen LogP contribution in [0.25, 0.3) is 0 Å². The van der Waals surface area contributed by atoms with Crippen LogP contribution in [0.15, 0.2) is 0 Å². The van der Waals surface area contributed by atoms with Crippen LogP contribution in [0.2, 0.25) is 0 Å². The largest absolute Gasteiger partial charge is 0.303 e. The summed E-state index contributed by atoms with van der Waals surface area (Å²) in [7, 11) is 0. The number of hydrogen-bond donors (Lipinski definition) is 0. The molecule has 4 aliphatic carbocycles. The maximum absolute atomic E-state index is 11.0. The molecule has 0 spiro atoms. The molecule has 4 saturated carbocycles. The van der Waals surface area contributed by atoms with Crippen molar-refractivity contribution in [1.29, 1.82) is 0 Å². The van der Waals surface area contributed by atoms with E-state index in [4.69, 9.17) is 0 Å². The van der Waals surface area contributed by atoms with E-state index in [1.54, 1.807) is 0 Å². The molecular formula is C13H20O. The molecule has 0 heterocycles. The van der Waals surface area contributed by atoms with Gasteiger partial charge in [0, 0.05) is 5.92 Å². The average molecular weight is 192 g/mol. The van der Waals surface area contributed by atoms with Gasteiger partial charge in [-0.1, -0.05) is 6.92 Å². The van der Waals surface area contributed by atoms with Gasteiger partial charge in [0.15, 0.2) is 0 Å². The van der Waals surface area contributed by atoms with E-state index in [2.05, 4.69) is 6.92 Å². The lowest BCUT2D eigenvalue weighted by Gasteiger charge is -2.58. The Morgan fingerprint density at radius 1 is 1.07 bits per heavy atom. The predicted molar refractivity (Wildman–Crippen MR) is 55.8 cm³/mol. The van der Waals surface area contributed by atoms with Crippen molar-refractivity contribution in [2.24, 2.45) is 29.1 Å². The third-order valence-electron chi connectivity index (χ3n) is 5.26. The van der Waals surface area contributed by atoms with Gasteiger partial charge in [-0.15, -0.1) is 0 Å². The molecule has 4 aliphatic rings. The van der Waals surface area contributed by atoms with Crippen LogP contribution in [0.4, 0.5) is 0 Å². The second kappa shape index (κ2) is 2.84. The SMILES string of the molecule is C[C@H](C=O)C12CC3CC(CC(C3)C1)C2. The number of aldehydes is 1. The molecule has 78 valence electrons. The molecule has 0 aromatic carbocycles. The van der Waals surface area contributed by atoms with Gasteiger partial charge in [0.2, 0.25) is 0 Å². The van der Waals surface area contributed by atoms with Crippen LogP contribution in [-0.4, -0.2) is 6.29 Å².